The minimum Gasteiger partial charge on any atom is -0.464 e. The summed E-state index contributed by atoms with van der Waals surface area (Å²) in [7, 11) is -4.32. The Morgan fingerprint density at radius 2 is 1.48 bits per heavy atom. The molecule has 143 valence electrons. The minimum absolute atomic E-state index is 0. The van der Waals surface area contributed by atoms with Crippen molar-refractivity contribution >= 4 is 73.4 Å². The molecule has 0 aromatic rings. The molecule has 0 heterocycles. The van der Waals surface area contributed by atoms with E-state index < -0.39 is 21.8 Å². The van der Waals surface area contributed by atoms with Gasteiger partial charge < -0.3 is 10.1 Å². The molecule has 7 nitrogen and oxygen atoms in total. The number of carbonyl (C=O) groups excluding carboxylic acids is 2. The van der Waals surface area contributed by atoms with Crippen LogP contribution in [0.3, 0.4) is 0 Å². The number of ether oxygens (including phenoxy) is 1. The molecule has 2 N–H and O–H groups in total. The summed E-state index contributed by atoms with van der Waals surface area (Å²) >= 11 is 0. The van der Waals surface area contributed by atoms with E-state index in [1.807, 2.05) is 0 Å². The Labute approximate surface area is 194 Å². The number of hydrogen-bond donors (Lipinski definition) is 2. The fourth-order valence-electron chi connectivity index (χ4n) is 2.22. The molecular formula is C16H31KNO6S. The van der Waals surface area contributed by atoms with Crippen molar-refractivity contribution in [3.05, 3.63) is 0 Å². The van der Waals surface area contributed by atoms with E-state index in [2.05, 4.69) is 12.2 Å². The first-order valence-corrected chi connectivity index (χ1v) is 10.3. The first-order valence-electron chi connectivity index (χ1n) is 8.72. The number of hydrogen-bond acceptors (Lipinski definition) is 5. The van der Waals surface area contributed by atoms with Crippen LogP contribution in [0.5, 0.6) is 0 Å². The van der Waals surface area contributed by atoms with Gasteiger partial charge in [-0.2, -0.15) is 8.42 Å². The molecule has 0 aromatic carbocycles. The van der Waals surface area contributed by atoms with Gasteiger partial charge in [0.1, 0.15) is 6.61 Å². The zero-order valence-electron chi connectivity index (χ0n) is 15.6. The van der Waals surface area contributed by atoms with Crippen molar-refractivity contribution in [1.82, 2.24) is 5.32 Å². The van der Waals surface area contributed by atoms with Crippen LogP contribution in [0.25, 0.3) is 0 Å². The Balaban J connectivity index is 0. The molecule has 9 heteroatoms. The molecule has 0 aliphatic carbocycles. The van der Waals surface area contributed by atoms with Crippen molar-refractivity contribution in [2.24, 2.45) is 0 Å². The maximum atomic E-state index is 11.5. The maximum Gasteiger partial charge on any atom is 0.305 e. The first-order chi connectivity index (χ1) is 11.3. The van der Waals surface area contributed by atoms with Crippen molar-refractivity contribution in [2.45, 2.75) is 71.1 Å². The first kappa shape index (κ1) is 27.7. The third kappa shape index (κ3) is 22.4. The summed E-state index contributed by atoms with van der Waals surface area (Å²) in [5.41, 5.74) is 0. The van der Waals surface area contributed by atoms with Gasteiger partial charge in [-0.25, -0.2) is 0 Å². The number of esters is 1. The van der Waals surface area contributed by atoms with Crippen LogP contribution in [0.4, 0.5) is 0 Å². The van der Waals surface area contributed by atoms with E-state index in [1.54, 1.807) is 0 Å². The monoisotopic (exact) mass is 404 g/mol. The van der Waals surface area contributed by atoms with Crippen LogP contribution in [0, 0.1) is 0 Å². The molecule has 0 rings (SSSR count). The summed E-state index contributed by atoms with van der Waals surface area (Å²) < 4.78 is 34.3. The van der Waals surface area contributed by atoms with E-state index in [0.717, 1.165) is 19.3 Å². The van der Waals surface area contributed by atoms with Gasteiger partial charge >= 0.3 is 5.97 Å². The maximum absolute atomic E-state index is 11.5. The van der Waals surface area contributed by atoms with Gasteiger partial charge in [0.25, 0.3) is 10.1 Å². The van der Waals surface area contributed by atoms with Gasteiger partial charge in [0.2, 0.25) is 5.91 Å². The van der Waals surface area contributed by atoms with Gasteiger partial charge in [0, 0.05) is 57.8 Å². The number of carbonyl (C=O) groups is 2. The molecule has 1 amide bonds. The third-order valence-corrected chi connectivity index (χ3v) is 4.11. The zero-order valence-corrected chi connectivity index (χ0v) is 19.5. The van der Waals surface area contributed by atoms with Crippen LogP contribution < -0.4 is 5.32 Å². The van der Waals surface area contributed by atoms with Crippen LogP contribution in [0.1, 0.15) is 71.1 Å². The van der Waals surface area contributed by atoms with Crippen LogP contribution in [0.15, 0.2) is 0 Å². The Hall–Kier alpha value is 0.486. The average molecular weight is 405 g/mol. The largest absolute Gasteiger partial charge is 0.464 e. The SMILES string of the molecule is CCCCCCCCCCCC(=O)OCCNC(=O)CS(=O)(=O)O.[K]. The van der Waals surface area contributed by atoms with Gasteiger partial charge in [-0.05, 0) is 6.42 Å². The predicted molar refractivity (Wildman–Crippen MR) is 98.0 cm³/mol. The van der Waals surface area contributed by atoms with E-state index in [-0.39, 0.29) is 70.5 Å². The van der Waals surface area contributed by atoms with E-state index in [1.165, 1.54) is 38.5 Å². The molecule has 0 aromatic heterocycles. The fraction of sp³-hybridized carbons (Fsp3) is 0.875. The van der Waals surface area contributed by atoms with E-state index in [4.69, 9.17) is 9.29 Å². The quantitative estimate of drug-likeness (QED) is 0.187. The Morgan fingerprint density at radius 3 is 2.00 bits per heavy atom. The van der Waals surface area contributed by atoms with Gasteiger partial charge in [-0.15, -0.1) is 0 Å². The van der Waals surface area contributed by atoms with Gasteiger partial charge in [0.15, 0.2) is 5.75 Å². The van der Waals surface area contributed by atoms with Gasteiger partial charge in [-0.1, -0.05) is 58.3 Å². The zero-order chi connectivity index (χ0) is 18.3. The van der Waals surface area contributed by atoms with Crippen LogP contribution in [-0.2, 0) is 24.4 Å². The van der Waals surface area contributed by atoms with E-state index in [9.17, 15) is 18.0 Å². The molecule has 0 fully saturated rings. The molecule has 25 heavy (non-hydrogen) atoms. The number of nitrogens with one attached hydrogen (secondary N) is 1. The fourth-order valence-corrected chi connectivity index (χ4v) is 2.66. The second-order valence-electron chi connectivity index (χ2n) is 5.88. The number of rotatable bonds is 15. The second kappa shape index (κ2) is 17.9. The van der Waals surface area contributed by atoms with Crippen molar-refractivity contribution in [3.8, 4) is 0 Å². The molecule has 0 bridgehead atoms. The molecule has 0 atom stereocenters. The summed E-state index contributed by atoms with van der Waals surface area (Å²) in [5, 5.41) is 2.24. The molecule has 0 aliphatic heterocycles. The Kier molecular flexibility index (Phi) is 19.8. The predicted octanol–water partition coefficient (Wildman–Crippen LogP) is 2.07. The van der Waals surface area contributed by atoms with Gasteiger partial charge in [-0.3, -0.25) is 14.1 Å². The molecule has 0 saturated carbocycles. The summed E-state index contributed by atoms with van der Waals surface area (Å²) in [4.78, 5) is 22.5. The van der Waals surface area contributed by atoms with Crippen molar-refractivity contribution < 1.29 is 27.3 Å². The van der Waals surface area contributed by atoms with Crippen molar-refractivity contribution in [1.29, 1.82) is 0 Å². The molecule has 1 radical (unpaired) electrons. The smallest absolute Gasteiger partial charge is 0.305 e. The Morgan fingerprint density at radius 1 is 0.960 bits per heavy atom. The Bertz CT molecular complexity index is 456. The summed E-state index contributed by atoms with van der Waals surface area (Å²) in [6.45, 7) is 2.22. The van der Waals surface area contributed by atoms with Crippen molar-refractivity contribution in [2.75, 3.05) is 18.9 Å². The summed E-state index contributed by atoms with van der Waals surface area (Å²) in [6.07, 6.45) is 10.9. The normalized spacial score (nSPS) is 10.8. The van der Waals surface area contributed by atoms with E-state index in [0.29, 0.717) is 6.42 Å². The second-order valence-corrected chi connectivity index (χ2v) is 7.33. The van der Waals surface area contributed by atoms with E-state index >= 15 is 0 Å². The molecule has 0 saturated heterocycles. The topological polar surface area (TPSA) is 110 Å². The van der Waals surface area contributed by atoms with Gasteiger partial charge in [0.05, 0.1) is 6.54 Å². The van der Waals surface area contributed by atoms with Crippen LogP contribution >= 0.6 is 0 Å². The molecule has 0 aliphatic rings. The number of amides is 1. The molecule has 0 unspecified atom stereocenters. The van der Waals surface area contributed by atoms with Crippen LogP contribution in [0.2, 0.25) is 0 Å². The van der Waals surface area contributed by atoms with Crippen molar-refractivity contribution in [3.63, 3.8) is 0 Å². The minimum atomic E-state index is -4.32. The average Bonchev–Trinajstić information content (AvgIpc) is 2.48. The third-order valence-electron chi connectivity index (χ3n) is 3.49. The summed E-state index contributed by atoms with van der Waals surface area (Å²) in [6, 6.07) is 0. The molecule has 0 spiro atoms. The number of unbranched alkanes of at least 4 members (excludes halogenated alkanes) is 8. The van der Waals surface area contributed by atoms with Crippen LogP contribution in [-0.4, -0.2) is 95.1 Å². The summed E-state index contributed by atoms with van der Waals surface area (Å²) in [5.74, 6) is -2.13. The standard InChI is InChI=1S/C16H31NO6S.K/c1-2-3-4-5-6-7-8-9-10-11-16(19)23-13-12-17-15(18)14-24(20,21)22;/h2-14H2,1H3,(H,17,18)(H,20,21,22);. The molecular weight excluding hydrogens is 373 g/mol.